The minimum Gasteiger partial charge on any atom is -0.466 e. The smallest absolute Gasteiger partial charge is 0.336 e. The molecule has 27 heavy (non-hydrogen) atoms. The van der Waals surface area contributed by atoms with E-state index in [1.807, 2.05) is 19.1 Å². The van der Waals surface area contributed by atoms with Crippen LogP contribution in [0.25, 0.3) is 0 Å². The maximum atomic E-state index is 12.8. The molecule has 5 nitrogen and oxygen atoms in total. The number of Topliss-reactive ketones (excluding diaryl/α,β-unsaturated/α-hetero) is 1. The molecule has 1 aromatic carbocycles. The fourth-order valence-corrected chi connectivity index (χ4v) is 4.16. The number of dihydropyridines is 1. The number of anilines is 1. The highest BCUT2D eigenvalue weighted by atomic mass is 16.5. The lowest BCUT2D eigenvalue weighted by Gasteiger charge is -2.34. The van der Waals surface area contributed by atoms with Crippen molar-refractivity contribution < 1.29 is 14.3 Å². The summed E-state index contributed by atoms with van der Waals surface area (Å²) in [6.45, 7) is 8.01. The van der Waals surface area contributed by atoms with Crippen LogP contribution in [0.2, 0.25) is 0 Å². The first-order valence-electron chi connectivity index (χ1n) is 9.69. The monoisotopic (exact) mass is 368 g/mol. The summed E-state index contributed by atoms with van der Waals surface area (Å²) in [4.78, 5) is 27.6. The Hall–Kier alpha value is -2.56. The van der Waals surface area contributed by atoms with Crippen LogP contribution in [0.15, 0.2) is 46.8 Å². The minimum atomic E-state index is -0.386. The van der Waals surface area contributed by atoms with E-state index in [1.54, 1.807) is 0 Å². The van der Waals surface area contributed by atoms with Crippen molar-refractivity contribution in [3.8, 4) is 0 Å². The number of rotatable bonds is 5. The Labute approximate surface area is 161 Å². The Morgan fingerprint density at radius 2 is 1.85 bits per heavy atom. The van der Waals surface area contributed by atoms with Gasteiger partial charge in [0.2, 0.25) is 0 Å². The van der Waals surface area contributed by atoms with E-state index in [4.69, 9.17) is 4.74 Å². The standard InChI is InChI=1S/C22H28N2O3/c1-5-24(6-2)16-12-10-15(11-13-16)20-19(22(26)27-4)14(3)23-17-8-7-9-18(25)21(17)20/h10-13,20,23H,5-9H2,1-4H3/t20-/m1/s1. The summed E-state index contributed by atoms with van der Waals surface area (Å²) in [5.41, 5.74) is 5.07. The quantitative estimate of drug-likeness (QED) is 0.804. The summed E-state index contributed by atoms with van der Waals surface area (Å²) in [6, 6.07) is 8.21. The molecule has 0 aromatic heterocycles. The van der Waals surface area contributed by atoms with Crippen LogP contribution in [-0.2, 0) is 14.3 Å². The SMILES string of the molecule is CCN(CC)c1ccc([C@@H]2C(C(=O)OC)=C(C)NC3=C2C(=O)CCC3)cc1. The molecule has 0 bridgehead atoms. The third-order valence-corrected chi connectivity index (χ3v) is 5.54. The van der Waals surface area contributed by atoms with Crippen molar-refractivity contribution in [2.75, 3.05) is 25.1 Å². The zero-order valence-corrected chi connectivity index (χ0v) is 16.6. The van der Waals surface area contributed by atoms with Crippen LogP contribution in [0.3, 0.4) is 0 Å². The van der Waals surface area contributed by atoms with Gasteiger partial charge in [-0.15, -0.1) is 0 Å². The molecule has 0 spiro atoms. The van der Waals surface area contributed by atoms with Gasteiger partial charge < -0.3 is 15.0 Å². The Morgan fingerprint density at radius 3 is 2.44 bits per heavy atom. The van der Waals surface area contributed by atoms with Gasteiger partial charge in [-0.3, -0.25) is 4.79 Å². The summed E-state index contributed by atoms with van der Waals surface area (Å²) in [6.07, 6.45) is 2.21. The third-order valence-electron chi connectivity index (χ3n) is 5.54. The minimum absolute atomic E-state index is 0.121. The molecule has 0 saturated carbocycles. The molecule has 0 saturated heterocycles. The highest BCUT2D eigenvalue weighted by Crippen LogP contribution is 2.42. The average molecular weight is 368 g/mol. The van der Waals surface area contributed by atoms with Gasteiger partial charge in [0.25, 0.3) is 0 Å². The maximum Gasteiger partial charge on any atom is 0.336 e. The second kappa shape index (κ2) is 7.99. The van der Waals surface area contributed by atoms with E-state index in [0.29, 0.717) is 12.0 Å². The molecule has 3 rings (SSSR count). The van der Waals surface area contributed by atoms with E-state index in [1.165, 1.54) is 7.11 Å². The van der Waals surface area contributed by atoms with Crippen LogP contribution in [0, 0.1) is 0 Å². The van der Waals surface area contributed by atoms with Crippen LogP contribution < -0.4 is 10.2 Å². The molecule has 0 unspecified atom stereocenters. The molecule has 0 radical (unpaired) electrons. The number of ketones is 1. The Bertz CT molecular complexity index is 801. The second-order valence-electron chi connectivity index (χ2n) is 7.02. The average Bonchev–Trinajstić information content (AvgIpc) is 2.68. The lowest BCUT2D eigenvalue weighted by atomic mass is 9.75. The number of nitrogens with one attached hydrogen (secondary N) is 1. The van der Waals surface area contributed by atoms with Gasteiger partial charge in [-0.1, -0.05) is 12.1 Å². The van der Waals surface area contributed by atoms with E-state index in [9.17, 15) is 9.59 Å². The summed E-state index contributed by atoms with van der Waals surface area (Å²) in [5, 5.41) is 3.29. The van der Waals surface area contributed by atoms with Crippen molar-refractivity contribution in [3.63, 3.8) is 0 Å². The van der Waals surface area contributed by atoms with E-state index in [-0.39, 0.29) is 17.7 Å². The van der Waals surface area contributed by atoms with E-state index < -0.39 is 0 Å². The highest BCUT2D eigenvalue weighted by molar-refractivity contribution is 6.03. The molecular formula is C22H28N2O3. The fraction of sp³-hybridized carbons (Fsp3) is 0.455. The number of hydrogen-bond donors (Lipinski definition) is 1. The van der Waals surface area contributed by atoms with Gasteiger partial charge in [-0.25, -0.2) is 4.79 Å². The summed E-state index contributed by atoms with van der Waals surface area (Å²) in [5.74, 6) is -0.634. The fourth-order valence-electron chi connectivity index (χ4n) is 4.16. The number of carbonyl (C=O) groups excluding carboxylic acids is 2. The number of carbonyl (C=O) groups is 2. The van der Waals surface area contributed by atoms with Crippen molar-refractivity contribution >= 4 is 17.4 Å². The third kappa shape index (κ3) is 3.51. The van der Waals surface area contributed by atoms with Gasteiger partial charge in [0.15, 0.2) is 5.78 Å². The van der Waals surface area contributed by atoms with Crippen molar-refractivity contribution in [2.45, 2.75) is 46.0 Å². The molecule has 1 aliphatic carbocycles. The second-order valence-corrected chi connectivity index (χ2v) is 7.02. The lowest BCUT2D eigenvalue weighted by Crippen LogP contribution is -2.34. The number of esters is 1. The van der Waals surface area contributed by atoms with Crippen LogP contribution in [0.1, 0.15) is 51.5 Å². The number of benzene rings is 1. The molecule has 1 aromatic rings. The molecular weight excluding hydrogens is 340 g/mol. The normalized spacial score (nSPS) is 19.6. The molecule has 1 aliphatic heterocycles. The molecule has 0 amide bonds. The number of hydrogen-bond acceptors (Lipinski definition) is 5. The predicted octanol–water partition coefficient (Wildman–Crippen LogP) is 3.67. The van der Waals surface area contributed by atoms with Gasteiger partial charge in [0, 0.05) is 48.1 Å². The van der Waals surface area contributed by atoms with Crippen molar-refractivity contribution in [2.24, 2.45) is 0 Å². The zero-order chi connectivity index (χ0) is 19.6. The van der Waals surface area contributed by atoms with Crippen molar-refractivity contribution in [1.82, 2.24) is 5.32 Å². The van der Waals surface area contributed by atoms with Crippen LogP contribution in [0.4, 0.5) is 5.69 Å². The van der Waals surface area contributed by atoms with E-state index >= 15 is 0 Å². The Balaban J connectivity index is 2.09. The van der Waals surface area contributed by atoms with Crippen molar-refractivity contribution in [3.05, 3.63) is 52.4 Å². The van der Waals surface area contributed by atoms with Gasteiger partial charge in [0.05, 0.1) is 12.7 Å². The van der Waals surface area contributed by atoms with Crippen LogP contribution in [-0.4, -0.2) is 32.0 Å². The predicted molar refractivity (Wildman–Crippen MR) is 106 cm³/mol. The first-order valence-corrected chi connectivity index (χ1v) is 9.69. The Kier molecular flexibility index (Phi) is 5.68. The van der Waals surface area contributed by atoms with Gasteiger partial charge in [-0.05, 0) is 51.3 Å². The van der Waals surface area contributed by atoms with Crippen LogP contribution in [0.5, 0.6) is 0 Å². The molecule has 1 atom stereocenters. The molecule has 1 heterocycles. The number of nitrogens with zero attached hydrogens (tertiary/aromatic N) is 1. The molecule has 0 fully saturated rings. The number of ether oxygens (including phenoxy) is 1. The van der Waals surface area contributed by atoms with E-state index in [0.717, 1.165) is 54.1 Å². The van der Waals surface area contributed by atoms with E-state index in [2.05, 4.69) is 36.2 Å². The first-order chi connectivity index (χ1) is 13.0. The first kappa shape index (κ1) is 19.2. The topological polar surface area (TPSA) is 58.6 Å². The van der Waals surface area contributed by atoms with Crippen molar-refractivity contribution in [1.29, 1.82) is 0 Å². The molecule has 1 N–H and O–H groups in total. The van der Waals surface area contributed by atoms with Gasteiger partial charge in [-0.2, -0.15) is 0 Å². The Morgan fingerprint density at radius 1 is 1.19 bits per heavy atom. The van der Waals surface area contributed by atoms with Crippen LogP contribution >= 0.6 is 0 Å². The molecule has 5 heteroatoms. The maximum absolute atomic E-state index is 12.8. The lowest BCUT2D eigenvalue weighted by molar-refractivity contribution is -0.136. The van der Waals surface area contributed by atoms with Gasteiger partial charge >= 0.3 is 5.97 Å². The highest BCUT2D eigenvalue weighted by Gasteiger charge is 2.38. The number of allylic oxidation sites excluding steroid dienone is 3. The summed E-state index contributed by atoms with van der Waals surface area (Å²) < 4.78 is 5.04. The molecule has 2 aliphatic rings. The largest absolute Gasteiger partial charge is 0.466 e. The van der Waals surface area contributed by atoms with Gasteiger partial charge in [0.1, 0.15) is 0 Å². The molecule has 144 valence electrons. The summed E-state index contributed by atoms with van der Waals surface area (Å²) in [7, 11) is 1.38. The number of methoxy groups -OCH3 is 1. The summed E-state index contributed by atoms with van der Waals surface area (Å²) >= 11 is 0. The zero-order valence-electron chi connectivity index (χ0n) is 16.6.